The molecular formula is C22H26N8O2. The van der Waals surface area contributed by atoms with Crippen LogP contribution in [0.3, 0.4) is 0 Å². The molecule has 6 rings (SSSR count). The van der Waals surface area contributed by atoms with Crippen molar-refractivity contribution in [2.75, 3.05) is 18.0 Å². The molecule has 1 atom stereocenters. The summed E-state index contributed by atoms with van der Waals surface area (Å²) >= 11 is 0. The lowest BCUT2D eigenvalue weighted by Crippen LogP contribution is -2.48. The Bertz CT molecular complexity index is 1190. The van der Waals surface area contributed by atoms with Gasteiger partial charge in [-0.2, -0.15) is 0 Å². The van der Waals surface area contributed by atoms with E-state index in [1.54, 1.807) is 17.2 Å². The van der Waals surface area contributed by atoms with Crippen LogP contribution < -0.4 is 10.2 Å². The van der Waals surface area contributed by atoms with E-state index in [0.29, 0.717) is 17.7 Å². The molecule has 0 unspecified atom stereocenters. The molecule has 2 aliphatic carbocycles. The highest BCUT2D eigenvalue weighted by Gasteiger charge is 2.52. The number of rotatable bonds is 6. The van der Waals surface area contributed by atoms with Gasteiger partial charge in [0.05, 0.1) is 43.1 Å². The van der Waals surface area contributed by atoms with Crippen LogP contribution in [-0.4, -0.2) is 53.6 Å². The fourth-order valence-electron chi connectivity index (χ4n) is 4.91. The maximum atomic E-state index is 12.7. The van der Waals surface area contributed by atoms with Gasteiger partial charge in [0.1, 0.15) is 5.82 Å². The fraction of sp³-hybridized carbons (Fsp3) is 0.500. The molecule has 3 aromatic heterocycles. The lowest BCUT2D eigenvalue weighted by molar-refractivity contribution is 0.0931. The molecule has 0 aromatic carbocycles. The molecule has 1 spiro atoms. The molecular weight excluding hydrogens is 408 g/mol. The number of aromatic nitrogens is 6. The van der Waals surface area contributed by atoms with Crippen LogP contribution in [0.15, 0.2) is 24.7 Å². The van der Waals surface area contributed by atoms with Crippen molar-refractivity contribution in [3.05, 3.63) is 53.0 Å². The lowest BCUT2D eigenvalue weighted by atomic mass is 9.97. The smallest absolute Gasteiger partial charge is 0.274 e. The van der Waals surface area contributed by atoms with Crippen molar-refractivity contribution in [2.45, 2.75) is 44.9 Å². The van der Waals surface area contributed by atoms with Crippen molar-refractivity contribution >= 4 is 11.7 Å². The highest BCUT2D eigenvalue weighted by molar-refractivity contribution is 5.92. The molecule has 0 bridgehead atoms. The summed E-state index contributed by atoms with van der Waals surface area (Å²) in [5, 5.41) is 21.0. The number of nitrogens with one attached hydrogen (secondary N) is 1. The van der Waals surface area contributed by atoms with Gasteiger partial charge in [-0.05, 0) is 37.3 Å². The lowest BCUT2D eigenvalue weighted by Gasteiger charge is -2.41. The van der Waals surface area contributed by atoms with E-state index in [4.69, 9.17) is 0 Å². The van der Waals surface area contributed by atoms with Crippen molar-refractivity contribution < 1.29 is 9.90 Å². The molecule has 10 nitrogen and oxygen atoms in total. The number of hydrogen-bond donors (Lipinski definition) is 2. The maximum absolute atomic E-state index is 12.7. The third kappa shape index (κ3) is 3.26. The van der Waals surface area contributed by atoms with Crippen LogP contribution in [0.25, 0.3) is 0 Å². The number of hydrogen-bond acceptors (Lipinski definition) is 7. The quantitative estimate of drug-likeness (QED) is 0.594. The summed E-state index contributed by atoms with van der Waals surface area (Å²) in [6, 6.07) is 3.88. The molecule has 1 saturated carbocycles. The Kier molecular flexibility index (Phi) is 4.32. The first-order valence-electron chi connectivity index (χ1n) is 11.1. The second-order valence-electron chi connectivity index (χ2n) is 9.34. The fourth-order valence-corrected chi connectivity index (χ4v) is 4.91. The van der Waals surface area contributed by atoms with Crippen LogP contribution in [0.5, 0.6) is 0 Å². The number of aryl methyl sites for hydroxylation is 1. The second kappa shape index (κ2) is 7.13. The Hall–Kier alpha value is -3.27. The highest BCUT2D eigenvalue weighted by atomic mass is 16.3. The average Bonchev–Trinajstić information content (AvgIpc) is 3.08. The molecule has 10 heteroatoms. The van der Waals surface area contributed by atoms with Gasteiger partial charge in [0.15, 0.2) is 5.69 Å². The summed E-state index contributed by atoms with van der Waals surface area (Å²) in [5.74, 6) is 0.654. The van der Waals surface area contributed by atoms with E-state index >= 15 is 0 Å². The molecule has 1 saturated heterocycles. The van der Waals surface area contributed by atoms with Gasteiger partial charge < -0.3 is 19.9 Å². The summed E-state index contributed by atoms with van der Waals surface area (Å²) in [6.45, 7) is 2.37. The maximum Gasteiger partial charge on any atom is 0.274 e. The first-order chi connectivity index (χ1) is 15.5. The minimum atomic E-state index is -0.262. The largest absolute Gasteiger partial charge is 0.390 e. The van der Waals surface area contributed by atoms with E-state index in [1.807, 2.05) is 23.7 Å². The Labute approximate surface area is 185 Å². The van der Waals surface area contributed by atoms with E-state index in [2.05, 4.69) is 30.5 Å². The van der Waals surface area contributed by atoms with Crippen molar-refractivity contribution in [2.24, 2.45) is 12.5 Å². The summed E-state index contributed by atoms with van der Waals surface area (Å²) in [4.78, 5) is 24.1. The number of fused-ring (bicyclic) bond motifs is 1. The van der Waals surface area contributed by atoms with Gasteiger partial charge in [-0.15, -0.1) is 5.10 Å². The zero-order valence-electron chi connectivity index (χ0n) is 18.0. The van der Waals surface area contributed by atoms with Crippen LogP contribution in [0.4, 0.5) is 5.82 Å². The van der Waals surface area contributed by atoms with E-state index in [-0.39, 0.29) is 24.2 Å². The number of carbonyl (C=O) groups excluding carboxylic acids is 1. The number of amides is 1. The molecule has 1 aliphatic heterocycles. The minimum absolute atomic E-state index is 0.0992. The van der Waals surface area contributed by atoms with E-state index in [9.17, 15) is 9.90 Å². The molecule has 166 valence electrons. The summed E-state index contributed by atoms with van der Waals surface area (Å²) < 4.78 is 3.61. The molecule has 2 N–H and O–H groups in total. The number of nitrogens with zero attached hydrogens (tertiary/aromatic N) is 7. The monoisotopic (exact) mass is 434 g/mol. The standard InChI is InChI=1S/C22H26N8O2/c1-28-13-23-20-15(3-4-18(20)28)25-21(32)16-9-30(27-26-16)8-14-2-5-19(24-17(14)10-31)29-11-22(12-29)6-7-22/h2,5,9,13,15,31H,3-4,6-8,10-12H2,1H3,(H,25,32)/t15-/m1/s1. The number of aliphatic hydroxyl groups excluding tert-OH is 1. The van der Waals surface area contributed by atoms with Crippen molar-refractivity contribution in [3.63, 3.8) is 0 Å². The molecule has 4 heterocycles. The Balaban J connectivity index is 1.13. The van der Waals surface area contributed by atoms with Gasteiger partial charge in [-0.3, -0.25) is 4.79 Å². The number of aliphatic hydroxyl groups is 1. The topological polar surface area (TPSA) is 114 Å². The van der Waals surface area contributed by atoms with Gasteiger partial charge in [-0.25, -0.2) is 14.6 Å². The summed E-state index contributed by atoms with van der Waals surface area (Å²) in [6.07, 6.45) is 7.78. The first kappa shape index (κ1) is 19.4. The van der Waals surface area contributed by atoms with Gasteiger partial charge in [0.25, 0.3) is 5.91 Å². The second-order valence-corrected chi connectivity index (χ2v) is 9.34. The molecule has 32 heavy (non-hydrogen) atoms. The number of anilines is 1. The predicted molar refractivity (Wildman–Crippen MR) is 115 cm³/mol. The highest BCUT2D eigenvalue weighted by Crippen LogP contribution is 2.53. The summed E-state index contributed by atoms with van der Waals surface area (Å²) in [5.41, 5.74) is 4.41. The molecule has 3 aliphatic rings. The zero-order chi connectivity index (χ0) is 21.9. The molecule has 1 amide bonds. The Morgan fingerprint density at radius 3 is 2.94 bits per heavy atom. The number of pyridine rings is 1. The zero-order valence-corrected chi connectivity index (χ0v) is 18.0. The van der Waals surface area contributed by atoms with Gasteiger partial charge >= 0.3 is 0 Å². The van der Waals surface area contributed by atoms with E-state index in [0.717, 1.165) is 48.7 Å². The van der Waals surface area contributed by atoms with Crippen LogP contribution >= 0.6 is 0 Å². The van der Waals surface area contributed by atoms with Crippen LogP contribution in [0, 0.1) is 5.41 Å². The van der Waals surface area contributed by atoms with Gasteiger partial charge in [0, 0.05) is 31.2 Å². The van der Waals surface area contributed by atoms with Gasteiger partial charge in [-0.1, -0.05) is 11.3 Å². The normalized spacial score (nSPS) is 20.3. The Morgan fingerprint density at radius 1 is 1.31 bits per heavy atom. The summed E-state index contributed by atoms with van der Waals surface area (Å²) in [7, 11) is 1.97. The third-order valence-electron chi connectivity index (χ3n) is 7.04. The predicted octanol–water partition coefficient (Wildman–Crippen LogP) is 0.965. The van der Waals surface area contributed by atoms with Crippen molar-refractivity contribution in [1.29, 1.82) is 0 Å². The molecule has 2 fully saturated rings. The van der Waals surface area contributed by atoms with Crippen molar-refractivity contribution in [3.8, 4) is 0 Å². The SMILES string of the molecule is Cn1cnc2c1CC[C@H]2NC(=O)c1cn(Cc2ccc(N3CC4(CC4)C3)nc2CO)nn1. The van der Waals surface area contributed by atoms with E-state index in [1.165, 1.54) is 12.8 Å². The Morgan fingerprint density at radius 2 is 2.16 bits per heavy atom. The average molecular weight is 435 g/mol. The molecule has 3 aromatic rings. The first-order valence-corrected chi connectivity index (χ1v) is 11.1. The van der Waals surface area contributed by atoms with Crippen LogP contribution in [-0.2, 0) is 26.6 Å². The van der Waals surface area contributed by atoms with Gasteiger partial charge in [0.2, 0.25) is 0 Å². The van der Waals surface area contributed by atoms with E-state index < -0.39 is 0 Å². The van der Waals surface area contributed by atoms with Crippen molar-refractivity contribution in [1.82, 2.24) is 34.8 Å². The minimum Gasteiger partial charge on any atom is -0.390 e. The molecule has 0 radical (unpaired) electrons. The van der Waals surface area contributed by atoms with Crippen LogP contribution in [0.2, 0.25) is 0 Å². The number of carbonyl (C=O) groups is 1. The third-order valence-corrected chi connectivity index (χ3v) is 7.04. The number of imidazole rings is 1. The van der Waals surface area contributed by atoms with Crippen LogP contribution in [0.1, 0.15) is 58.4 Å².